The second kappa shape index (κ2) is 4.41. The van der Waals surface area contributed by atoms with Gasteiger partial charge in [-0.2, -0.15) is 0 Å². The van der Waals surface area contributed by atoms with Crippen LogP contribution >= 0.6 is 15.9 Å². The minimum absolute atomic E-state index is 0.239. The van der Waals surface area contributed by atoms with Gasteiger partial charge in [-0.15, -0.1) is 0 Å². The van der Waals surface area contributed by atoms with Gasteiger partial charge in [0.25, 0.3) is 0 Å². The van der Waals surface area contributed by atoms with E-state index in [1.807, 2.05) is 0 Å². The third-order valence-corrected chi connectivity index (χ3v) is 2.43. The zero-order chi connectivity index (χ0) is 10.7. The lowest BCUT2D eigenvalue weighted by Crippen LogP contribution is -2.07. The van der Waals surface area contributed by atoms with Crippen LogP contribution in [0.25, 0.3) is 0 Å². The molecule has 0 aliphatic carbocycles. The van der Waals surface area contributed by atoms with Crippen molar-refractivity contribution >= 4 is 21.9 Å². The Morgan fingerprint density at radius 1 is 1.71 bits per heavy atom. The molecule has 14 heavy (non-hydrogen) atoms. The third kappa shape index (κ3) is 2.04. The highest BCUT2D eigenvalue weighted by molar-refractivity contribution is 9.08. The normalized spacial score (nSPS) is 9.93. The number of hydrogen-bond acceptors (Lipinski definition) is 3. The molecule has 1 N–H and O–H groups in total. The van der Waals surface area contributed by atoms with Crippen molar-refractivity contribution in [3.63, 3.8) is 0 Å². The Bertz CT molecular complexity index is 365. The lowest BCUT2D eigenvalue weighted by Gasteiger charge is -2.08. The second-order valence-electron chi connectivity index (χ2n) is 2.72. The van der Waals surface area contributed by atoms with Crippen LogP contribution in [0.5, 0.6) is 5.88 Å². The number of nitrogens with zero attached hydrogens (tertiary/aromatic N) is 1. The van der Waals surface area contributed by atoms with Crippen molar-refractivity contribution in [3.8, 4) is 5.88 Å². The smallest absolute Gasteiger partial charge is 0.337 e. The molecule has 1 aromatic heterocycles. The maximum absolute atomic E-state index is 10.9. The Morgan fingerprint density at radius 3 is 2.79 bits per heavy atom. The van der Waals surface area contributed by atoms with Crippen LogP contribution in [0, 0.1) is 6.92 Å². The number of aromatic carboxylic acids is 1. The van der Waals surface area contributed by atoms with Gasteiger partial charge >= 0.3 is 5.97 Å². The molecule has 1 heterocycles. The fourth-order valence-corrected chi connectivity index (χ4v) is 1.65. The first kappa shape index (κ1) is 11.0. The molecular weight excluding hydrogens is 250 g/mol. The molecule has 0 fully saturated rings. The van der Waals surface area contributed by atoms with Gasteiger partial charge in [-0.3, -0.25) is 0 Å². The fourth-order valence-electron chi connectivity index (χ4n) is 1.21. The summed E-state index contributed by atoms with van der Waals surface area (Å²) in [5.74, 6) is -0.533. The Balaban J connectivity index is 3.34. The number of aryl methyl sites for hydroxylation is 1. The maximum Gasteiger partial charge on any atom is 0.337 e. The first-order valence-corrected chi connectivity index (χ1v) is 5.06. The van der Waals surface area contributed by atoms with E-state index in [1.54, 1.807) is 13.0 Å². The van der Waals surface area contributed by atoms with Gasteiger partial charge in [0.1, 0.15) is 0 Å². The Labute approximate surface area is 90.0 Å². The first-order valence-electron chi connectivity index (χ1n) is 3.94. The molecule has 4 nitrogen and oxygen atoms in total. The van der Waals surface area contributed by atoms with Gasteiger partial charge < -0.3 is 9.84 Å². The molecule has 0 saturated carbocycles. The summed E-state index contributed by atoms with van der Waals surface area (Å²) in [6.45, 7) is 1.65. The van der Waals surface area contributed by atoms with Crippen molar-refractivity contribution in [3.05, 3.63) is 22.9 Å². The number of carboxylic acid groups (broad SMARTS) is 1. The quantitative estimate of drug-likeness (QED) is 0.844. The Morgan fingerprint density at radius 2 is 2.36 bits per heavy atom. The van der Waals surface area contributed by atoms with Crippen LogP contribution in [0.3, 0.4) is 0 Å². The average Bonchev–Trinajstić information content (AvgIpc) is 2.15. The summed E-state index contributed by atoms with van der Waals surface area (Å²) >= 11 is 3.23. The number of alkyl halides is 1. The van der Waals surface area contributed by atoms with Crippen molar-refractivity contribution in [1.82, 2.24) is 4.98 Å². The summed E-state index contributed by atoms with van der Waals surface area (Å²) in [6.07, 6.45) is 0. The minimum atomic E-state index is -0.966. The Kier molecular flexibility index (Phi) is 3.46. The zero-order valence-corrected chi connectivity index (χ0v) is 9.46. The average molecular weight is 260 g/mol. The van der Waals surface area contributed by atoms with E-state index in [0.29, 0.717) is 22.5 Å². The first-order chi connectivity index (χ1) is 6.60. The molecule has 0 aliphatic heterocycles. The number of carbonyl (C=O) groups is 1. The zero-order valence-electron chi connectivity index (χ0n) is 7.87. The van der Waals surface area contributed by atoms with E-state index in [1.165, 1.54) is 7.11 Å². The monoisotopic (exact) mass is 259 g/mol. The second-order valence-corrected chi connectivity index (χ2v) is 3.28. The topological polar surface area (TPSA) is 59.4 Å². The molecule has 1 aromatic rings. The van der Waals surface area contributed by atoms with Crippen molar-refractivity contribution < 1.29 is 14.6 Å². The van der Waals surface area contributed by atoms with Gasteiger partial charge in [0.15, 0.2) is 0 Å². The van der Waals surface area contributed by atoms with Crippen molar-refractivity contribution in [2.24, 2.45) is 0 Å². The summed E-state index contributed by atoms with van der Waals surface area (Å²) < 4.78 is 4.95. The lowest BCUT2D eigenvalue weighted by atomic mass is 10.1. The van der Waals surface area contributed by atoms with Crippen molar-refractivity contribution in [1.29, 1.82) is 0 Å². The fraction of sp³-hybridized carbons (Fsp3) is 0.333. The number of pyridine rings is 1. The van der Waals surface area contributed by atoms with Gasteiger partial charge in [-0.05, 0) is 12.5 Å². The molecule has 76 valence electrons. The van der Waals surface area contributed by atoms with Gasteiger partial charge in [0, 0.05) is 11.4 Å². The van der Waals surface area contributed by atoms with E-state index in [4.69, 9.17) is 9.84 Å². The summed E-state index contributed by atoms with van der Waals surface area (Å²) in [5, 5.41) is 9.41. The minimum Gasteiger partial charge on any atom is -0.481 e. The highest BCUT2D eigenvalue weighted by Gasteiger charge is 2.15. The van der Waals surface area contributed by atoms with E-state index in [9.17, 15) is 4.79 Å². The molecule has 0 atom stereocenters. The largest absolute Gasteiger partial charge is 0.481 e. The predicted octanol–water partition coefficient (Wildman–Crippen LogP) is 1.99. The van der Waals surface area contributed by atoms with Crippen molar-refractivity contribution in [2.45, 2.75) is 12.3 Å². The van der Waals surface area contributed by atoms with E-state index >= 15 is 0 Å². The summed E-state index contributed by atoms with van der Waals surface area (Å²) in [5.41, 5.74) is 1.37. The number of hydrogen-bond donors (Lipinski definition) is 1. The molecule has 0 aliphatic rings. The Hall–Kier alpha value is -1.10. The molecular formula is C9H10BrNO3. The van der Waals surface area contributed by atoms with E-state index in [-0.39, 0.29) is 5.56 Å². The maximum atomic E-state index is 10.9. The number of carboxylic acids is 1. The van der Waals surface area contributed by atoms with Gasteiger partial charge in [-0.25, -0.2) is 9.78 Å². The van der Waals surface area contributed by atoms with Crippen LogP contribution in [0.15, 0.2) is 6.07 Å². The number of ether oxygens (including phenoxy) is 1. The van der Waals surface area contributed by atoms with Gasteiger partial charge in [0.2, 0.25) is 5.88 Å². The molecule has 0 saturated heterocycles. The molecule has 0 unspecified atom stereocenters. The van der Waals surface area contributed by atoms with E-state index < -0.39 is 5.97 Å². The number of halogens is 1. The standard InChI is InChI=1S/C9H10BrNO3/c1-5-8(9(12)13)6(4-10)3-7(11-5)14-2/h3H,4H2,1-2H3,(H,12,13). The predicted molar refractivity (Wildman–Crippen MR) is 55.1 cm³/mol. The molecule has 0 bridgehead atoms. The lowest BCUT2D eigenvalue weighted by molar-refractivity contribution is 0.0694. The molecule has 0 amide bonds. The van der Waals surface area contributed by atoms with Gasteiger partial charge in [-0.1, -0.05) is 15.9 Å². The molecule has 5 heteroatoms. The highest BCUT2D eigenvalue weighted by Crippen LogP contribution is 2.20. The van der Waals surface area contributed by atoms with Crippen LogP contribution in [0.1, 0.15) is 21.6 Å². The van der Waals surface area contributed by atoms with Crippen LogP contribution in [0.4, 0.5) is 0 Å². The molecule has 0 spiro atoms. The molecule has 0 radical (unpaired) electrons. The number of rotatable bonds is 3. The molecule has 0 aromatic carbocycles. The van der Waals surface area contributed by atoms with Crippen molar-refractivity contribution in [2.75, 3.05) is 7.11 Å². The van der Waals surface area contributed by atoms with E-state index in [0.717, 1.165) is 0 Å². The van der Waals surface area contributed by atoms with Crippen LogP contribution < -0.4 is 4.74 Å². The van der Waals surface area contributed by atoms with E-state index in [2.05, 4.69) is 20.9 Å². The summed E-state index contributed by atoms with van der Waals surface area (Å²) in [7, 11) is 1.50. The summed E-state index contributed by atoms with van der Waals surface area (Å²) in [6, 6.07) is 1.62. The summed E-state index contributed by atoms with van der Waals surface area (Å²) in [4.78, 5) is 14.9. The highest BCUT2D eigenvalue weighted by atomic mass is 79.9. The van der Waals surface area contributed by atoms with Crippen LogP contribution in [-0.2, 0) is 5.33 Å². The molecule has 1 rings (SSSR count). The SMILES string of the molecule is COc1cc(CBr)c(C(=O)O)c(C)n1. The van der Waals surface area contributed by atoms with Crippen LogP contribution in [-0.4, -0.2) is 23.2 Å². The number of methoxy groups -OCH3 is 1. The van der Waals surface area contributed by atoms with Gasteiger partial charge in [0.05, 0.1) is 18.4 Å². The van der Waals surface area contributed by atoms with Crippen LogP contribution in [0.2, 0.25) is 0 Å². The third-order valence-electron chi connectivity index (χ3n) is 1.83. The number of aromatic nitrogens is 1.